The van der Waals surface area contributed by atoms with E-state index in [1.165, 1.54) is 24.3 Å². The van der Waals surface area contributed by atoms with Gasteiger partial charge in [0, 0.05) is 0 Å². The van der Waals surface area contributed by atoms with Crippen LogP contribution in [0.4, 0.5) is 0 Å². The molecule has 0 saturated heterocycles. The topological polar surface area (TPSA) is 82.1 Å². The van der Waals surface area contributed by atoms with Crippen LogP contribution in [0.15, 0.2) is 24.3 Å². The summed E-state index contributed by atoms with van der Waals surface area (Å²) in [5.74, 6) is -2.13. The van der Waals surface area contributed by atoms with Gasteiger partial charge in [0.25, 0.3) is 0 Å². The van der Waals surface area contributed by atoms with E-state index in [-0.39, 0.29) is 11.1 Å². The highest BCUT2D eigenvalue weighted by Gasteiger charge is 2.18. The maximum atomic E-state index is 11.5. The van der Waals surface area contributed by atoms with Gasteiger partial charge in [-0.25, -0.2) is 9.59 Å². The van der Waals surface area contributed by atoms with Gasteiger partial charge in [0.1, 0.15) is 0 Å². The first-order chi connectivity index (χ1) is 8.66. The van der Waals surface area contributed by atoms with Crippen molar-refractivity contribution in [3.63, 3.8) is 0 Å². The highest BCUT2D eigenvalue weighted by Crippen LogP contribution is 2.10. The summed E-state index contributed by atoms with van der Waals surface area (Å²) in [6.45, 7) is 2.27. The molecule has 0 saturated carbocycles. The third kappa shape index (κ3) is 4.15. The van der Waals surface area contributed by atoms with E-state index < -0.39 is 11.9 Å². The lowest BCUT2D eigenvalue weighted by molar-refractivity contribution is -0.481. The fourth-order valence-corrected chi connectivity index (χ4v) is 1.18. The Morgan fingerprint density at radius 2 is 1.89 bits per heavy atom. The van der Waals surface area contributed by atoms with E-state index in [4.69, 9.17) is 5.11 Å². The summed E-state index contributed by atoms with van der Waals surface area (Å²) >= 11 is 0. The number of aromatic carboxylic acids is 1. The van der Waals surface area contributed by atoms with Crippen LogP contribution in [0.2, 0.25) is 0 Å². The Morgan fingerprint density at radius 1 is 1.22 bits per heavy atom. The number of unbranched alkanes of at least 4 members (excludes halogenated alkanes) is 1. The van der Waals surface area contributed by atoms with Crippen LogP contribution in [0.1, 0.15) is 40.5 Å². The Bertz CT molecular complexity index is 415. The van der Waals surface area contributed by atoms with Crippen molar-refractivity contribution >= 4 is 11.9 Å². The second-order valence-electron chi connectivity index (χ2n) is 3.47. The average molecular weight is 254 g/mol. The summed E-state index contributed by atoms with van der Waals surface area (Å²) in [4.78, 5) is 31.3. The smallest absolute Gasteiger partial charge is 0.377 e. The minimum atomic E-state index is -1.21. The van der Waals surface area contributed by atoms with Gasteiger partial charge in [-0.2, -0.15) is 4.89 Å². The van der Waals surface area contributed by atoms with Crippen molar-refractivity contribution < 1.29 is 29.5 Å². The fourth-order valence-electron chi connectivity index (χ4n) is 1.18. The monoisotopic (exact) mass is 254 g/mol. The summed E-state index contributed by atoms with van der Waals surface area (Å²) < 4.78 is 0. The van der Waals surface area contributed by atoms with Gasteiger partial charge in [-0.05, 0) is 23.6 Å². The number of hydrogen-bond donors (Lipinski definition) is 1. The van der Waals surface area contributed by atoms with Crippen LogP contribution in [0.3, 0.4) is 0 Å². The molecule has 1 rings (SSSR count). The second kappa shape index (κ2) is 7.41. The minimum Gasteiger partial charge on any atom is -0.478 e. The zero-order valence-electron chi connectivity index (χ0n) is 9.92. The van der Waals surface area contributed by atoms with Crippen molar-refractivity contribution in [3.8, 4) is 0 Å². The largest absolute Gasteiger partial charge is 0.478 e. The van der Waals surface area contributed by atoms with Crippen LogP contribution in [0.25, 0.3) is 0 Å². The number of carbonyl (C=O) groups excluding carboxylic acids is 1. The van der Waals surface area contributed by atoms with Crippen LogP contribution in [0, 0.1) is 0 Å². The van der Waals surface area contributed by atoms with E-state index in [1.807, 2.05) is 6.92 Å². The lowest BCUT2D eigenvalue weighted by Gasteiger charge is -2.04. The van der Waals surface area contributed by atoms with E-state index in [0.29, 0.717) is 6.61 Å². The molecular weight excluding hydrogens is 240 g/mol. The molecule has 0 aliphatic rings. The highest BCUT2D eigenvalue weighted by molar-refractivity contribution is 6.02. The molecule has 1 aromatic rings. The van der Waals surface area contributed by atoms with Crippen LogP contribution >= 0.6 is 0 Å². The summed E-state index contributed by atoms with van der Waals surface area (Å²) in [7, 11) is 0. The standard InChI is InChI=1S/C12H14O6/c1-2-3-8-16-18-17-12(15)10-7-5-4-6-9(10)11(13)14/h4-7H,2-3,8H2,1H3,(H,13,14). The molecule has 0 radical (unpaired) electrons. The molecule has 0 fully saturated rings. The highest BCUT2D eigenvalue weighted by atomic mass is 17.5. The van der Waals surface area contributed by atoms with E-state index in [9.17, 15) is 9.59 Å². The normalized spacial score (nSPS) is 10.1. The van der Waals surface area contributed by atoms with Crippen molar-refractivity contribution in [2.45, 2.75) is 19.8 Å². The summed E-state index contributed by atoms with van der Waals surface area (Å²) in [5.41, 5.74) is -0.247. The summed E-state index contributed by atoms with van der Waals surface area (Å²) in [5, 5.41) is 13.1. The molecule has 6 nitrogen and oxygen atoms in total. The SMILES string of the molecule is CCCCOOOC(=O)c1ccccc1C(=O)O. The van der Waals surface area contributed by atoms with Gasteiger partial charge in [-0.15, -0.1) is 0 Å². The predicted molar refractivity (Wildman–Crippen MR) is 60.8 cm³/mol. The van der Waals surface area contributed by atoms with Crippen LogP contribution < -0.4 is 0 Å². The number of hydrogen-bond acceptors (Lipinski definition) is 5. The number of rotatable bonds is 7. The fraction of sp³-hybridized carbons (Fsp3) is 0.333. The molecule has 0 amide bonds. The summed E-state index contributed by atoms with van der Waals surface area (Å²) in [6.07, 6.45) is 1.68. The van der Waals surface area contributed by atoms with Crippen molar-refractivity contribution in [1.82, 2.24) is 0 Å². The number of carboxylic acids is 1. The van der Waals surface area contributed by atoms with Gasteiger partial charge in [0.05, 0.1) is 17.7 Å². The molecule has 0 heterocycles. The Hall–Kier alpha value is -1.92. The molecule has 98 valence electrons. The molecule has 0 bridgehead atoms. The van der Waals surface area contributed by atoms with E-state index in [0.717, 1.165) is 12.8 Å². The van der Waals surface area contributed by atoms with Crippen molar-refractivity contribution in [1.29, 1.82) is 0 Å². The quantitative estimate of drug-likeness (QED) is 0.456. The lowest BCUT2D eigenvalue weighted by Crippen LogP contribution is -2.12. The van der Waals surface area contributed by atoms with Gasteiger partial charge in [-0.3, -0.25) is 4.89 Å². The maximum Gasteiger partial charge on any atom is 0.377 e. The second-order valence-corrected chi connectivity index (χ2v) is 3.47. The minimum absolute atomic E-state index is 0.0934. The molecule has 0 aliphatic carbocycles. The first-order valence-electron chi connectivity index (χ1n) is 5.49. The Labute approximate surface area is 104 Å². The van der Waals surface area contributed by atoms with Gasteiger partial charge in [-0.1, -0.05) is 25.5 Å². The summed E-state index contributed by atoms with van der Waals surface area (Å²) in [6, 6.07) is 5.68. The van der Waals surface area contributed by atoms with Crippen LogP contribution in [-0.4, -0.2) is 23.7 Å². The van der Waals surface area contributed by atoms with Crippen molar-refractivity contribution in [2.24, 2.45) is 0 Å². The predicted octanol–water partition coefficient (Wildman–Crippen LogP) is 2.20. The Kier molecular flexibility index (Phi) is 5.83. The Morgan fingerprint density at radius 3 is 2.50 bits per heavy atom. The van der Waals surface area contributed by atoms with Crippen molar-refractivity contribution in [2.75, 3.05) is 6.61 Å². The van der Waals surface area contributed by atoms with E-state index >= 15 is 0 Å². The third-order valence-electron chi connectivity index (χ3n) is 2.12. The van der Waals surface area contributed by atoms with Crippen LogP contribution in [0.5, 0.6) is 0 Å². The molecule has 0 unspecified atom stereocenters. The molecule has 0 aliphatic heterocycles. The molecule has 0 spiro atoms. The number of benzene rings is 1. The molecule has 1 aromatic carbocycles. The van der Waals surface area contributed by atoms with Crippen molar-refractivity contribution in [3.05, 3.63) is 35.4 Å². The molecule has 0 aromatic heterocycles. The maximum absolute atomic E-state index is 11.5. The number of carboxylic acid groups (broad SMARTS) is 1. The zero-order valence-corrected chi connectivity index (χ0v) is 9.92. The molecule has 6 heteroatoms. The van der Waals surface area contributed by atoms with Gasteiger partial charge in [0.2, 0.25) is 0 Å². The van der Waals surface area contributed by atoms with E-state index in [1.54, 1.807) is 0 Å². The third-order valence-corrected chi connectivity index (χ3v) is 2.12. The molecular formula is C12H14O6. The average Bonchev–Trinajstić information content (AvgIpc) is 2.38. The first kappa shape index (κ1) is 14.1. The molecule has 18 heavy (non-hydrogen) atoms. The van der Waals surface area contributed by atoms with E-state index in [2.05, 4.69) is 14.8 Å². The Balaban J connectivity index is 2.54. The molecule has 0 atom stereocenters. The van der Waals surface area contributed by atoms with Gasteiger partial charge in [0.15, 0.2) is 0 Å². The zero-order chi connectivity index (χ0) is 13.4. The lowest BCUT2D eigenvalue weighted by atomic mass is 10.1. The first-order valence-corrected chi connectivity index (χ1v) is 5.49. The number of carbonyl (C=O) groups is 2. The molecule has 1 N–H and O–H groups in total. The van der Waals surface area contributed by atoms with Gasteiger partial charge < -0.3 is 5.11 Å². The van der Waals surface area contributed by atoms with Crippen LogP contribution in [-0.2, 0) is 14.8 Å². The van der Waals surface area contributed by atoms with Gasteiger partial charge >= 0.3 is 11.9 Å².